The van der Waals surface area contributed by atoms with E-state index in [0.717, 1.165) is 22.4 Å². The molecule has 1 heterocycles. The highest BCUT2D eigenvalue weighted by molar-refractivity contribution is 6.30. The van der Waals surface area contributed by atoms with Gasteiger partial charge in [0.15, 0.2) is 11.7 Å². The first kappa shape index (κ1) is 21.1. The Morgan fingerprint density at radius 3 is 2.24 bits per heavy atom. The van der Waals surface area contributed by atoms with Crippen molar-refractivity contribution >= 4 is 23.2 Å². The molecule has 3 rings (SSSR count). The van der Waals surface area contributed by atoms with Crippen molar-refractivity contribution in [3.05, 3.63) is 70.7 Å². The summed E-state index contributed by atoms with van der Waals surface area (Å²) in [6.07, 6.45) is 2.44. The number of nitrogens with zero attached hydrogens (tertiary/aromatic N) is 1. The summed E-state index contributed by atoms with van der Waals surface area (Å²) in [6, 6.07) is 13.6. The minimum atomic E-state index is -0.0359. The first-order chi connectivity index (χ1) is 13.8. The number of aryl methyl sites for hydroxylation is 1. The van der Waals surface area contributed by atoms with Crippen LogP contribution in [-0.4, -0.2) is 10.9 Å². The van der Waals surface area contributed by atoms with E-state index in [0.29, 0.717) is 41.4 Å². The molecule has 29 heavy (non-hydrogen) atoms. The zero-order valence-corrected chi connectivity index (χ0v) is 18.1. The van der Waals surface area contributed by atoms with Crippen LogP contribution < -0.4 is 5.32 Å². The largest absolute Gasteiger partial charge is 0.441 e. The maximum absolute atomic E-state index is 12.7. The van der Waals surface area contributed by atoms with Gasteiger partial charge in [-0.2, -0.15) is 0 Å². The third-order valence-electron chi connectivity index (χ3n) is 4.89. The molecule has 4 nitrogen and oxygen atoms in total. The summed E-state index contributed by atoms with van der Waals surface area (Å²) in [5, 5.41) is 3.81. The normalized spacial score (nSPS) is 11.3. The summed E-state index contributed by atoms with van der Waals surface area (Å²) in [4.78, 5) is 17.0. The van der Waals surface area contributed by atoms with Gasteiger partial charge in [-0.15, -0.1) is 0 Å². The molecular weight excluding hydrogens is 384 g/mol. The zero-order valence-electron chi connectivity index (χ0n) is 17.3. The minimum absolute atomic E-state index is 0.0359. The topological polar surface area (TPSA) is 55.1 Å². The smallest absolute Gasteiger partial charge is 0.224 e. The Bertz CT molecular complexity index is 949. The van der Waals surface area contributed by atoms with Crippen LogP contribution in [0, 0.1) is 0 Å². The molecule has 0 unspecified atom stereocenters. The number of hydrogen-bond donors (Lipinski definition) is 1. The maximum atomic E-state index is 12.7. The van der Waals surface area contributed by atoms with Crippen LogP contribution in [0.4, 0.5) is 5.69 Å². The van der Waals surface area contributed by atoms with Gasteiger partial charge in [-0.05, 0) is 47.2 Å². The van der Waals surface area contributed by atoms with Gasteiger partial charge in [0.2, 0.25) is 5.91 Å². The highest BCUT2D eigenvalue weighted by Crippen LogP contribution is 2.32. The molecule has 3 aromatic rings. The van der Waals surface area contributed by atoms with Crippen molar-refractivity contribution in [2.75, 3.05) is 5.32 Å². The van der Waals surface area contributed by atoms with Gasteiger partial charge < -0.3 is 9.73 Å². The Kier molecular flexibility index (Phi) is 6.75. The molecule has 0 saturated heterocycles. The number of carbonyl (C=O) groups is 1. The predicted octanol–water partition coefficient (Wildman–Crippen LogP) is 6.81. The van der Waals surface area contributed by atoms with Crippen LogP contribution in [-0.2, 0) is 11.2 Å². The van der Waals surface area contributed by atoms with Gasteiger partial charge in [0.05, 0.1) is 6.20 Å². The molecule has 1 aromatic heterocycles. The summed E-state index contributed by atoms with van der Waals surface area (Å²) in [7, 11) is 0. The summed E-state index contributed by atoms with van der Waals surface area (Å²) < 4.78 is 5.80. The first-order valence-electron chi connectivity index (χ1n) is 9.98. The van der Waals surface area contributed by atoms with E-state index in [2.05, 4.69) is 56.2 Å². The van der Waals surface area contributed by atoms with Crippen molar-refractivity contribution in [1.82, 2.24) is 4.98 Å². The van der Waals surface area contributed by atoms with Crippen LogP contribution in [0.5, 0.6) is 0 Å². The third-order valence-corrected chi connectivity index (χ3v) is 5.14. The third kappa shape index (κ3) is 5.27. The van der Waals surface area contributed by atoms with Crippen molar-refractivity contribution in [2.24, 2.45) is 0 Å². The van der Waals surface area contributed by atoms with Gasteiger partial charge in [-0.3, -0.25) is 4.79 Å². The quantitative estimate of drug-likeness (QED) is 0.465. The second kappa shape index (κ2) is 9.27. The average Bonchev–Trinajstić information content (AvgIpc) is 3.15. The van der Waals surface area contributed by atoms with Crippen molar-refractivity contribution in [1.29, 1.82) is 0 Å². The molecule has 0 aliphatic rings. The lowest BCUT2D eigenvalue weighted by molar-refractivity contribution is -0.116. The molecule has 1 N–H and O–H groups in total. The first-order valence-corrected chi connectivity index (χ1v) is 10.4. The number of halogens is 1. The minimum Gasteiger partial charge on any atom is -0.441 e. The van der Waals surface area contributed by atoms with Crippen LogP contribution in [0.2, 0.25) is 5.02 Å². The lowest BCUT2D eigenvalue weighted by atomic mass is 9.92. The second-order valence-corrected chi connectivity index (χ2v) is 8.23. The van der Waals surface area contributed by atoms with Gasteiger partial charge in [0.1, 0.15) is 0 Å². The highest BCUT2D eigenvalue weighted by Gasteiger charge is 2.16. The Labute approximate surface area is 177 Å². The van der Waals surface area contributed by atoms with Gasteiger partial charge in [0, 0.05) is 29.1 Å². The molecule has 2 aromatic carbocycles. The molecule has 5 heteroatoms. The molecule has 152 valence electrons. The van der Waals surface area contributed by atoms with Crippen molar-refractivity contribution in [2.45, 2.75) is 52.4 Å². The van der Waals surface area contributed by atoms with Crippen molar-refractivity contribution < 1.29 is 9.21 Å². The number of aromatic nitrogens is 1. The molecule has 1 amide bonds. The van der Waals surface area contributed by atoms with E-state index >= 15 is 0 Å². The maximum Gasteiger partial charge on any atom is 0.224 e. The summed E-state index contributed by atoms with van der Waals surface area (Å²) >= 11 is 5.93. The van der Waals surface area contributed by atoms with Gasteiger partial charge in [-0.1, -0.05) is 57.5 Å². The molecule has 0 spiro atoms. The molecule has 0 saturated carbocycles. The number of carbonyl (C=O) groups excluding carboxylic acids is 1. The van der Waals surface area contributed by atoms with Gasteiger partial charge in [0.25, 0.3) is 0 Å². The van der Waals surface area contributed by atoms with Crippen LogP contribution in [0.1, 0.15) is 63.0 Å². The molecule has 0 atom stereocenters. The summed E-state index contributed by atoms with van der Waals surface area (Å²) in [5.74, 6) is 1.84. The Morgan fingerprint density at radius 2 is 1.66 bits per heavy atom. The van der Waals surface area contributed by atoms with E-state index in [9.17, 15) is 4.79 Å². The monoisotopic (exact) mass is 410 g/mol. The SMILES string of the molecule is CC(C)c1cccc(C(C)C)c1NC(=O)CCc1ncc(-c2ccc(Cl)cc2)o1. The molecular formula is C24H27ClN2O2. The number of rotatable bonds is 7. The van der Waals surface area contributed by atoms with Crippen LogP contribution in [0.15, 0.2) is 53.1 Å². The van der Waals surface area contributed by atoms with E-state index in [1.807, 2.05) is 24.3 Å². The number of benzene rings is 2. The van der Waals surface area contributed by atoms with Crippen LogP contribution in [0.3, 0.4) is 0 Å². The van der Waals surface area contributed by atoms with Crippen molar-refractivity contribution in [3.8, 4) is 11.3 Å². The number of hydrogen-bond acceptors (Lipinski definition) is 3. The number of anilines is 1. The lowest BCUT2D eigenvalue weighted by Crippen LogP contribution is -2.16. The molecule has 0 radical (unpaired) electrons. The molecule has 0 bridgehead atoms. The fourth-order valence-electron chi connectivity index (χ4n) is 3.29. The fourth-order valence-corrected chi connectivity index (χ4v) is 3.42. The number of oxazole rings is 1. The van der Waals surface area contributed by atoms with E-state index in [1.54, 1.807) is 6.20 Å². The van der Waals surface area contributed by atoms with E-state index < -0.39 is 0 Å². The Balaban J connectivity index is 1.67. The summed E-state index contributed by atoms with van der Waals surface area (Å²) in [6.45, 7) is 8.56. The summed E-state index contributed by atoms with van der Waals surface area (Å²) in [5.41, 5.74) is 4.16. The van der Waals surface area contributed by atoms with E-state index in [-0.39, 0.29) is 5.91 Å². The predicted molar refractivity (Wildman–Crippen MR) is 119 cm³/mol. The van der Waals surface area contributed by atoms with E-state index in [4.69, 9.17) is 16.0 Å². The van der Waals surface area contributed by atoms with Crippen molar-refractivity contribution in [3.63, 3.8) is 0 Å². The molecule has 0 aliphatic heterocycles. The standard InChI is InChI=1S/C24H27ClN2O2/c1-15(2)19-6-5-7-20(16(3)4)24(19)27-22(28)12-13-23-26-14-21(29-23)17-8-10-18(25)11-9-17/h5-11,14-16H,12-13H2,1-4H3,(H,27,28). The Hall–Kier alpha value is -2.59. The number of nitrogens with one attached hydrogen (secondary N) is 1. The zero-order chi connectivity index (χ0) is 21.0. The lowest BCUT2D eigenvalue weighted by Gasteiger charge is -2.20. The fraction of sp³-hybridized carbons (Fsp3) is 0.333. The average molecular weight is 411 g/mol. The van der Waals surface area contributed by atoms with Gasteiger partial charge in [-0.25, -0.2) is 4.98 Å². The number of amides is 1. The van der Waals surface area contributed by atoms with Crippen LogP contribution in [0.25, 0.3) is 11.3 Å². The highest BCUT2D eigenvalue weighted by atomic mass is 35.5. The Morgan fingerprint density at radius 1 is 1.03 bits per heavy atom. The van der Waals surface area contributed by atoms with Crippen LogP contribution >= 0.6 is 11.6 Å². The molecule has 0 aliphatic carbocycles. The molecule has 0 fully saturated rings. The van der Waals surface area contributed by atoms with Gasteiger partial charge >= 0.3 is 0 Å². The van der Waals surface area contributed by atoms with E-state index in [1.165, 1.54) is 0 Å². The second-order valence-electron chi connectivity index (χ2n) is 7.79. The number of para-hydroxylation sites is 1.